The number of aromatic nitrogens is 1. The first kappa shape index (κ1) is 15.5. The number of hydrogen-bond acceptors (Lipinski definition) is 4. The molecule has 1 aromatic carbocycles. The summed E-state index contributed by atoms with van der Waals surface area (Å²) in [4.78, 5) is 19.6. The lowest BCUT2D eigenvalue weighted by Crippen LogP contribution is -2.39. The van der Waals surface area contributed by atoms with Crippen molar-refractivity contribution in [1.29, 1.82) is 0 Å². The average Bonchev–Trinajstić information content (AvgIpc) is 2.89. The Morgan fingerprint density at radius 2 is 2.05 bits per heavy atom. The van der Waals surface area contributed by atoms with Crippen LogP contribution in [0.25, 0.3) is 10.6 Å². The number of aryl methyl sites for hydroxylation is 1. The van der Waals surface area contributed by atoms with Crippen LogP contribution in [-0.2, 0) is 0 Å². The van der Waals surface area contributed by atoms with Gasteiger partial charge in [-0.05, 0) is 25.8 Å². The van der Waals surface area contributed by atoms with Crippen LogP contribution in [-0.4, -0.2) is 40.1 Å². The van der Waals surface area contributed by atoms with E-state index < -0.39 is 0 Å². The van der Waals surface area contributed by atoms with Gasteiger partial charge in [0.15, 0.2) is 0 Å². The Kier molecular flexibility index (Phi) is 4.47. The molecule has 1 aliphatic rings. The topological polar surface area (TPSA) is 53.4 Å². The molecular formula is C16H17ClN2O2S. The SMILES string of the molecule is Cc1nc(-c2ccccc2Cl)sc1C(=O)N1CCC(O)CC1. The minimum Gasteiger partial charge on any atom is -0.393 e. The van der Waals surface area contributed by atoms with Crippen molar-refractivity contribution in [1.82, 2.24) is 9.88 Å². The van der Waals surface area contributed by atoms with Crippen LogP contribution in [0.5, 0.6) is 0 Å². The normalized spacial score (nSPS) is 16.0. The summed E-state index contributed by atoms with van der Waals surface area (Å²) in [5.74, 6) is 0.000188. The number of hydrogen-bond donors (Lipinski definition) is 1. The molecule has 3 rings (SSSR count). The van der Waals surface area contributed by atoms with Crippen molar-refractivity contribution in [2.75, 3.05) is 13.1 Å². The predicted molar refractivity (Wildman–Crippen MR) is 88.4 cm³/mol. The Hall–Kier alpha value is -1.43. The van der Waals surface area contributed by atoms with Gasteiger partial charge < -0.3 is 10.0 Å². The number of rotatable bonds is 2. The van der Waals surface area contributed by atoms with Crippen LogP contribution in [0.15, 0.2) is 24.3 Å². The van der Waals surface area contributed by atoms with Crippen LogP contribution in [0.2, 0.25) is 5.02 Å². The fourth-order valence-corrected chi connectivity index (χ4v) is 3.91. The lowest BCUT2D eigenvalue weighted by atomic mass is 10.1. The Morgan fingerprint density at radius 1 is 1.36 bits per heavy atom. The molecule has 1 amide bonds. The second-order valence-electron chi connectivity index (χ2n) is 5.44. The molecule has 0 radical (unpaired) electrons. The van der Waals surface area contributed by atoms with Gasteiger partial charge in [0, 0.05) is 18.7 Å². The van der Waals surface area contributed by atoms with Crippen LogP contribution in [0.4, 0.5) is 0 Å². The van der Waals surface area contributed by atoms with E-state index in [1.54, 1.807) is 4.90 Å². The van der Waals surface area contributed by atoms with Gasteiger partial charge in [-0.3, -0.25) is 4.79 Å². The van der Waals surface area contributed by atoms with Gasteiger partial charge in [0.2, 0.25) is 0 Å². The molecule has 0 aliphatic carbocycles. The van der Waals surface area contributed by atoms with Crippen LogP contribution < -0.4 is 0 Å². The summed E-state index contributed by atoms with van der Waals surface area (Å²) in [6, 6.07) is 7.51. The number of aliphatic hydroxyl groups is 1. The molecule has 2 aromatic rings. The van der Waals surface area contributed by atoms with Crippen LogP contribution in [0, 0.1) is 6.92 Å². The van der Waals surface area contributed by atoms with Crippen molar-refractivity contribution in [3.8, 4) is 10.6 Å². The number of carbonyl (C=O) groups is 1. The van der Waals surface area contributed by atoms with E-state index in [2.05, 4.69) is 4.98 Å². The lowest BCUT2D eigenvalue weighted by Gasteiger charge is -2.29. The molecule has 0 bridgehead atoms. The fraction of sp³-hybridized carbons (Fsp3) is 0.375. The molecule has 6 heteroatoms. The van der Waals surface area contributed by atoms with Crippen molar-refractivity contribution in [3.63, 3.8) is 0 Å². The van der Waals surface area contributed by atoms with Crippen molar-refractivity contribution >= 4 is 28.8 Å². The first-order chi connectivity index (χ1) is 10.6. The van der Waals surface area contributed by atoms with E-state index in [1.165, 1.54) is 11.3 Å². The summed E-state index contributed by atoms with van der Waals surface area (Å²) < 4.78 is 0. The Morgan fingerprint density at radius 3 is 2.73 bits per heavy atom. The molecule has 0 unspecified atom stereocenters. The van der Waals surface area contributed by atoms with E-state index in [-0.39, 0.29) is 12.0 Å². The summed E-state index contributed by atoms with van der Waals surface area (Å²) >= 11 is 7.59. The zero-order valence-electron chi connectivity index (χ0n) is 12.3. The highest BCUT2D eigenvalue weighted by Gasteiger charge is 2.26. The van der Waals surface area contributed by atoms with Gasteiger partial charge in [-0.15, -0.1) is 11.3 Å². The molecule has 0 saturated carbocycles. The summed E-state index contributed by atoms with van der Waals surface area (Å²) in [6.07, 6.45) is 0.993. The zero-order chi connectivity index (χ0) is 15.7. The van der Waals surface area contributed by atoms with E-state index in [0.29, 0.717) is 35.8 Å². The predicted octanol–water partition coefficient (Wildman–Crippen LogP) is 3.37. The highest BCUT2D eigenvalue weighted by Crippen LogP contribution is 2.33. The molecule has 116 valence electrons. The molecule has 1 aliphatic heterocycles. The molecule has 1 aromatic heterocycles. The number of aliphatic hydroxyl groups excluding tert-OH is 1. The van der Waals surface area contributed by atoms with E-state index in [4.69, 9.17) is 11.6 Å². The van der Waals surface area contributed by atoms with Gasteiger partial charge in [0.25, 0.3) is 5.91 Å². The maximum atomic E-state index is 12.6. The second-order valence-corrected chi connectivity index (χ2v) is 6.84. The molecule has 1 saturated heterocycles. The zero-order valence-corrected chi connectivity index (χ0v) is 13.8. The lowest BCUT2D eigenvalue weighted by molar-refractivity contribution is 0.0550. The van der Waals surface area contributed by atoms with E-state index >= 15 is 0 Å². The van der Waals surface area contributed by atoms with Gasteiger partial charge in [-0.25, -0.2) is 4.98 Å². The van der Waals surface area contributed by atoms with Gasteiger partial charge in [0.1, 0.15) is 9.88 Å². The third-order valence-electron chi connectivity index (χ3n) is 3.85. The van der Waals surface area contributed by atoms with Gasteiger partial charge >= 0.3 is 0 Å². The number of nitrogens with zero attached hydrogens (tertiary/aromatic N) is 2. The summed E-state index contributed by atoms with van der Waals surface area (Å²) in [5.41, 5.74) is 1.58. The fourth-order valence-electron chi connectivity index (χ4n) is 2.56. The van der Waals surface area contributed by atoms with Crippen LogP contribution >= 0.6 is 22.9 Å². The summed E-state index contributed by atoms with van der Waals surface area (Å²) in [6.45, 7) is 3.04. The number of amides is 1. The summed E-state index contributed by atoms with van der Waals surface area (Å²) in [7, 11) is 0. The molecule has 2 heterocycles. The molecule has 1 N–H and O–H groups in total. The van der Waals surface area contributed by atoms with Crippen molar-refractivity contribution in [2.24, 2.45) is 0 Å². The maximum Gasteiger partial charge on any atom is 0.265 e. The average molecular weight is 337 g/mol. The molecule has 4 nitrogen and oxygen atoms in total. The van der Waals surface area contributed by atoms with Gasteiger partial charge in [0.05, 0.1) is 16.8 Å². The number of benzene rings is 1. The smallest absolute Gasteiger partial charge is 0.265 e. The quantitative estimate of drug-likeness (QED) is 0.914. The molecule has 0 spiro atoms. The maximum absolute atomic E-state index is 12.6. The van der Waals surface area contributed by atoms with E-state index in [1.807, 2.05) is 31.2 Å². The summed E-state index contributed by atoms with van der Waals surface area (Å²) in [5, 5.41) is 11.0. The number of carbonyl (C=O) groups excluding carboxylic acids is 1. The van der Waals surface area contributed by atoms with Crippen molar-refractivity contribution in [3.05, 3.63) is 39.9 Å². The third kappa shape index (κ3) is 3.02. The minimum atomic E-state index is -0.287. The van der Waals surface area contributed by atoms with E-state index in [9.17, 15) is 9.90 Å². The first-order valence-electron chi connectivity index (χ1n) is 7.26. The van der Waals surface area contributed by atoms with Gasteiger partial charge in [-0.2, -0.15) is 0 Å². The first-order valence-corrected chi connectivity index (χ1v) is 8.45. The highest BCUT2D eigenvalue weighted by atomic mass is 35.5. The third-order valence-corrected chi connectivity index (χ3v) is 5.36. The van der Waals surface area contributed by atoms with Crippen LogP contribution in [0.3, 0.4) is 0 Å². The van der Waals surface area contributed by atoms with E-state index in [0.717, 1.165) is 16.3 Å². The largest absolute Gasteiger partial charge is 0.393 e. The molecule has 1 fully saturated rings. The highest BCUT2D eigenvalue weighted by molar-refractivity contribution is 7.17. The Labute approximate surface area is 138 Å². The number of piperidine rings is 1. The molecule has 22 heavy (non-hydrogen) atoms. The molecule has 0 atom stereocenters. The molecular weight excluding hydrogens is 320 g/mol. The van der Waals surface area contributed by atoms with Crippen molar-refractivity contribution in [2.45, 2.75) is 25.9 Å². The number of likely N-dealkylation sites (tertiary alicyclic amines) is 1. The number of halogens is 1. The minimum absolute atomic E-state index is 0.000188. The number of thiazole rings is 1. The Balaban J connectivity index is 1.86. The van der Waals surface area contributed by atoms with Crippen molar-refractivity contribution < 1.29 is 9.90 Å². The van der Waals surface area contributed by atoms with Gasteiger partial charge in [-0.1, -0.05) is 29.8 Å². The van der Waals surface area contributed by atoms with Crippen LogP contribution in [0.1, 0.15) is 28.2 Å². The monoisotopic (exact) mass is 336 g/mol. The second kappa shape index (κ2) is 6.36. The standard InChI is InChI=1S/C16H17ClN2O2S/c1-10-14(16(21)19-8-6-11(20)7-9-19)22-15(18-10)12-4-2-3-5-13(12)17/h2-5,11,20H,6-9H2,1H3. The Bertz CT molecular complexity index is 693.